The second-order valence-electron chi connectivity index (χ2n) is 10.5. The Bertz CT molecular complexity index is 1590. The van der Waals surface area contributed by atoms with Crippen LogP contribution >= 0.6 is 0 Å². The lowest BCUT2D eigenvalue weighted by atomic mass is 9.94. The van der Waals surface area contributed by atoms with Gasteiger partial charge in [-0.05, 0) is 49.3 Å². The summed E-state index contributed by atoms with van der Waals surface area (Å²) in [7, 11) is 0. The second kappa shape index (κ2) is 13.2. The number of piperidine rings is 1. The maximum atomic E-state index is 12.5. The fourth-order valence-corrected chi connectivity index (χ4v) is 5.11. The third-order valence-corrected chi connectivity index (χ3v) is 7.54. The summed E-state index contributed by atoms with van der Waals surface area (Å²) in [6, 6.07) is 5.84. The number of amides is 2. The molecule has 2 amide bonds. The highest BCUT2D eigenvalue weighted by Gasteiger charge is 2.47. The van der Waals surface area contributed by atoms with E-state index in [0.717, 1.165) is 12.8 Å². The van der Waals surface area contributed by atoms with Gasteiger partial charge in [0.25, 0.3) is 11.6 Å². The van der Waals surface area contributed by atoms with Gasteiger partial charge in [0.05, 0.1) is 11.3 Å². The van der Waals surface area contributed by atoms with Gasteiger partial charge in [-0.15, -0.1) is 0 Å². The standard InChI is InChI=1S/C28H32N8O8/c1-2-30-26(39)23-21(37)22(38)27(44-23)35-15-31-20-24(29)32-19(33-25(20)35)5-3-4-16-10-12-34(13-11-16)28(40)43-14-17-6-8-18(9-7-17)36(41)42/h6-9,15-16,21-23,27,37-38H,2,4,10-14H2,1H3,(H,30,39)(H2,29,32,33)/t21-,22?,23+,27-/m1/s1. The Hall–Kier alpha value is -4.85. The van der Waals surface area contributed by atoms with Gasteiger partial charge in [-0.3, -0.25) is 19.5 Å². The number of nitro benzene ring substituents is 1. The summed E-state index contributed by atoms with van der Waals surface area (Å²) in [6.07, 6.45) is -2.39. The molecule has 4 heterocycles. The maximum Gasteiger partial charge on any atom is 0.410 e. The summed E-state index contributed by atoms with van der Waals surface area (Å²) in [5, 5.41) is 34.3. The molecule has 2 aliphatic heterocycles. The third kappa shape index (κ3) is 6.54. The van der Waals surface area contributed by atoms with Crippen molar-refractivity contribution in [2.45, 2.75) is 57.3 Å². The maximum absolute atomic E-state index is 12.5. The number of hydrogen-bond donors (Lipinski definition) is 4. The molecule has 2 aliphatic rings. The molecule has 3 aromatic rings. The smallest absolute Gasteiger partial charge is 0.410 e. The van der Waals surface area contributed by atoms with Gasteiger partial charge in [-0.1, -0.05) is 5.92 Å². The highest BCUT2D eigenvalue weighted by molar-refractivity contribution is 5.83. The van der Waals surface area contributed by atoms with Crippen molar-refractivity contribution in [3.63, 3.8) is 0 Å². The van der Waals surface area contributed by atoms with Crippen molar-refractivity contribution in [1.82, 2.24) is 29.7 Å². The molecule has 0 spiro atoms. The van der Waals surface area contributed by atoms with E-state index in [1.165, 1.54) is 23.0 Å². The number of nitrogens with one attached hydrogen (secondary N) is 1. The molecule has 2 aromatic heterocycles. The van der Waals surface area contributed by atoms with Gasteiger partial charge in [0.15, 0.2) is 23.8 Å². The number of fused-ring (bicyclic) bond motifs is 1. The molecule has 44 heavy (non-hydrogen) atoms. The van der Waals surface area contributed by atoms with Crippen molar-refractivity contribution in [3.05, 3.63) is 52.1 Å². The molecule has 5 rings (SSSR count). The number of nitrogens with two attached hydrogens (primary N) is 1. The van der Waals surface area contributed by atoms with Crippen LogP contribution in [-0.2, 0) is 20.9 Å². The molecule has 16 nitrogen and oxygen atoms in total. The number of likely N-dealkylation sites (tertiary alicyclic amines) is 1. The van der Waals surface area contributed by atoms with Gasteiger partial charge >= 0.3 is 6.09 Å². The molecule has 232 valence electrons. The van der Waals surface area contributed by atoms with Crippen molar-refractivity contribution >= 4 is 34.7 Å². The zero-order valence-corrected chi connectivity index (χ0v) is 23.8. The number of ether oxygens (including phenoxy) is 2. The molecule has 5 N–H and O–H groups in total. The molecule has 0 radical (unpaired) electrons. The van der Waals surface area contributed by atoms with Crippen molar-refractivity contribution < 1.29 is 34.2 Å². The minimum atomic E-state index is -1.45. The van der Waals surface area contributed by atoms with Crippen LogP contribution in [0.25, 0.3) is 11.2 Å². The zero-order chi connectivity index (χ0) is 31.4. The first-order valence-electron chi connectivity index (χ1n) is 14.1. The number of likely N-dealkylation sites (N-methyl/N-ethyl adjacent to an activating group) is 1. The number of nitrogens with zero attached hydrogens (tertiary/aromatic N) is 6. The van der Waals surface area contributed by atoms with Crippen LogP contribution in [0.4, 0.5) is 16.3 Å². The molecular weight excluding hydrogens is 576 g/mol. The van der Waals surface area contributed by atoms with E-state index in [9.17, 15) is 29.9 Å². The summed E-state index contributed by atoms with van der Waals surface area (Å²) in [6.45, 7) is 3.10. The van der Waals surface area contributed by atoms with E-state index >= 15 is 0 Å². The molecule has 0 bridgehead atoms. The number of nitrogen functional groups attached to an aromatic ring is 1. The van der Waals surface area contributed by atoms with Crippen LogP contribution in [0.2, 0.25) is 0 Å². The lowest BCUT2D eigenvalue weighted by Gasteiger charge is -2.30. The second-order valence-corrected chi connectivity index (χ2v) is 10.5. The van der Waals surface area contributed by atoms with E-state index in [1.807, 2.05) is 0 Å². The topological polar surface area (TPSA) is 221 Å². The minimum Gasteiger partial charge on any atom is -0.445 e. The summed E-state index contributed by atoms with van der Waals surface area (Å²) in [4.78, 5) is 49.5. The summed E-state index contributed by atoms with van der Waals surface area (Å²) in [5.74, 6) is 5.91. The number of non-ortho nitro benzene ring substituents is 1. The molecule has 4 atom stereocenters. The number of aromatic nitrogens is 4. The van der Waals surface area contributed by atoms with Crippen molar-refractivity contribution in [3.8, 4) is 11.8 Å². The Kier molecular flexibility index (Phi) is 9.18. The molecule has 16 heteroatoms. The van der Waals surface area contributed by atoms with E-state index in [1.54, 1.807) is 24.0 Å². The van der Waals surface area contributed by atoms with Crippen LogP contribution in [0.5, 0.6) is 0 Å². The zero-order valence-electron chi connectivity index (χ0n) is 23.8. The third-order valence-electron chi connectivity index (χ3n) is 7.54. The Morgan fingerprint density at radius 3 is 2.61 bits per heavy atom. The number of carbonyl (C=O) groups is 2. The van der Waals surface area contributed by atoms with E-state index < -0.39 is 41.5 Å². The van der Waals surface area contributed by atoms with Crippen molar-refractivity contribution in [2.75, 3.05) is 25.4 Å². The van der Waals surface area contributed by atoms with Gasteiger partial charge in [0, 0.05) is 38.2 Å². The number of benzene rings is 1. The number of carbonyl (C=O) groups excluding carboxylic acids is 2. The van der Waals surface area contributed by atoms with E-state index in [-0.39, 0.29) is 41.0 Å². The van der Waals surface area contributed by atoms with Crippen molar-refractivity contribution in [1.29, 1.82) is 0 Å². The predicted octanol–water partition coefficient (Wildman–Crippen LogP) is 0.862. The van der Waals surface area contributed by atoms with Crippen LogP contribution in [0.3, 0.4) is 0 Å². The van der Waals surface area contributed by atoms with Crippen LogP contribution in [0, 0.1) is 27.9 Å². The molecule has 1 aromatic carbocycles. The Morgan fingerprint density at radius 2 is 1.93 bits per heavy atom. The summed E-state index contributed by atoms with van der Waals surface area (Å²) >= 11 is 0. The fraction of sp³-hybridized carbons (Fsp3) is 0.464. The summed E-state index contributed by atoms with van der Waals surface area (Å²) < 4.78 is 12.4. The average molecular weight is 609 g/mol. The Balaban J connectivity index is 1.16. The number of aliphatic hydroxyl groups excluding tert-OH is 2. The molecule has 0 aliphatic carbocycles. The number of hydrogen-bond acceptors (Lipinski definition) is 12. The van der Waals surface area contributed by atoms with Gasteiger partial charge in [-0.2, -0.15) is 0 Å². The number of anilines is 1. The number of aliphatic hydroxyl groups is 2. The lowest BCUT2D eigenvalue weighted by Crippen LogP contribution is -2.42. The molecule has 1 unspecified atom stereocenters. The van der Waals surface area contributed by atoms with Gasteiger partial charge in [0.2, 0.25) is 5.82 Å². The van der Waals surface area contributed by atoms with Gasteiger partial charge in [0.1, 0.15) is 24.3 Å². The highest BCUT2D eigenvalue weighted by Crippen LogP contribution is 2.32. The molecule has 2 saturated heterocycles. The Morgan fingerprint density at radius 1 is 1.20 bits per heavy atom. The van der Waals surface area contributed by atoms with Crippen LogP contribution in [0.15, 0.2) is 30.6 Å². The monoisotopic (exact) mass is 608 g/mol. The largest absolute Gasteiger partial charge is 0.445 e. The number of imidazole rings is 1. The first kappa shape index (κ1) is 30.6. The average Bonchev–Trinajstić information content (AvgIpc) is 3.57. The van der Waals surface area contributed by atoms with Crippen molar-refractivity contribution in [2.24, 2.45) is 5.92 Å². The SMILES string of the molecule is CCNC(=O)[C@H]1O[C@@H](n2cnc3c(N)nc(C#CCC4CCN(C(=O)OCc5ccc([N+](=O)[O-])cc5)CC4)nc32)C(O)[C@H]1O. The lowest BCUT2D eigenvalue weighted by molar-refractivity contribution is -0.384. The van der Waals surface area contributed by atoms with Crippen LogP contribution in [0.1, 0.15) is 43.8 Å². The van der Waals surface area contributed by atoms with E-state index in [4.69, 9.17) is 15.2 Å². The summed E-state index contributed by atoms with van der Waals surface area (Å²) in [5.41, 5.74) is 7.22. The van der Waals surface area contributed by atoms with Crippen LogP contribution in [-0.4, -0.2) is 89.5 Å². The predicted molar refractivity (Wildman–Crippen MR) is 153 cm³/mol. The molecule has 0 saturated carbocycles. The molecule has 2 fully saturated rings. The first-order chi connectivity index (χ1) is 21.2. The van der Waals surface area contributed by atoms with Crippen LogP contribution < -0.4 is 11.1 Å². The number of rotatable bonds is 7. The first-order valence-corrected chi connectivity index (χ1v) is 14.1. The van der Waals surface area contributed by atoms with E-state index in [0.29, 0.717) is 31.6 Å². The highest BCUT2D eigenvalue weighted by atomic mass is 16.6. The number of nitro groups is 1. The quantitative estimate of drug-likeness (QED) is 0.167. The van der Waals surface area contributed by atoms with Gasteiger partial charge < -0.3 is 35.6 Å². The molecular formula is C28H32N8O8. The fourth-order valence-electron chi connectivity index (χ4n) is 5.11. The van der Waals surface area contributed by atoms with E-state index in [2.05, 4.69) is 32.1 Å². The Labute approximate surface area is 251 Å². The minimum absolute atomic E-state index is 0.0236. The van der Waals surface area contributed by atoms with Gasteiger partial charge in [-0.25, -0.2) is 19.7 Å². The normalized spacial score (nSPS) is 21.9.